The fraction of sp³-hybridized carbons (Fsp3) is 0.632. The third kappa shape index (κ3) is 5.63. The van der Waals surface area contributed by atoms with Crippen LogP contribution in [0.5, 0.6) is 0 Å². The minimum Gasteiger partial charge on any atom is -0.381 e. The largest absolute Gasteiger partial charge is 0.381 e. The van der Waals surface area contributed by atoms with Gasteiger partial charge in [0, 0.05) is 50.7 Å². The molecule has 2 N–H and O–H groups in total. The Bertz CT molecular complexity index is 653. The molecule has 1 atom stereocenters. The van der Waals surface area contributed by atoms with Crippen molar-refractivity contribution in [2.75, 3.05) is 51.1 Å². The summed E-state index contributed by atoms with van der Waals surface area (Å²) >= 11 is 1.87. The molecule has 3 rings (SSSR count). The van der Waals surface area contributed by atoms with Crippen molar-refractivity contribution in [3.63, 3.8) is 0 Å². The molecule has 28 heavy (non-hydrogen) atoms. The van der Waals surface area contributed by atoms with E-state index < -0.39 is 11.6 Å². The molecule has 9 heteroatoms. The summed E-state index contributed by atoms with van der Waals surface area (Å²) < 4.78 is 33.7. The van der Waals surface area contributed by atoms with Crippen molar-refractivity contribution in [2.45, 2.75) is 30.1 Å². The fourth-order valence-corrected chi connectivity index (χ4v) is 4.49. The van der Waals surface area contributed by atoms with Crippen LogP contribution in [0.4, 0.5) is 14.5 Å². The van der Waals surface area contributed by atoms with Crippen LogP contribution in [0, 0.1) is 11.6 Å². The summed E-state index contributed by atoms with van der Waals surface area (Å²) in [4.78, 5) is 6.08. The number of nitrogens with zero attached hydrogens (tertiary/aromatic N) is 2. The molecule has 2 aliphatic heterocycles. The van der Waals surface area contributed by atoms with Gasteiger partial charge >= 0.3 is 0 Å². The number of aliphatic imine (C=N–C) groups is 1. The molecule has 2 saturated heterocycles. The standard InChI is InChI=1S/C19H28F2N4OS.HI/c1-22-18(23-13-19(27-2)7-10-26-11-8-19)24-14-6-9-25(12-14)17-15(20)4-3-5-16(17)21;/h3-5,14H,6-13H2,1-2H3,(H2,22,23,24);1H. The molecule has 2 aliphatic rings. The van der Waals surface area contributed by atoms with Crippen LogP contribution in [0.1, 0.15) is 19.3 Å². The molecule has 0 radical (unpaired) electrons. The predicted molar refractivity (Wildman–Crippen MR) is 123 cm³/mol. The highest BCUT2D eigenvalue weighted by Crippen LogP contribution is 2.33. The van der Waals surface area contributed by atoms with E-state index in [1.165, 1.54) is 18.2 Å². The Labute approximate surface area is 187 Å². The average molecular weight is 526 g/mol. The Kier molecular flexibility index (Phi) is 9.07. The van der Waals surface area contributed by atoms with Gasteiger partial charge in [0.2, 0.25) is 0 Å². The van der Waals surface area contributed by atoms with Crippen LogP contribution in [-0.4, -0.2) is 62.9 Å². The maximum Gasteiger partial charge on any atom is 0.191 e. The van der Waals surface area contributed by atoms with Crippen LogP contribution in [-0.2, 0) is 4.74 Å². The molecule has 1 aromatic rings. The highest BCUT2D eigenvalue weighted by atomic mass is 127. The number of benzene rings is 1. The van der Waals surface area contributed by atoms with E-state index in [1.54, 1.807) is 11.9 Å². The minimum atomic E-state index is -0.514. The van der Waals surface area contributed by atoms with Gasteiger partial charge in [0.1, 0.15) is 17.3 Å². The van der Waals surface area contributed by atoms with Gasteiger partial charge in [-0.05, 0) is 37.7 Å². The molecule has 0 aliphatic carbocycles. The first kappa shape index (κ1) is 23.5. The zero-order chi connectivity index (χ0) is 19.3. The average Bonchev–Trinajstić information content (AvgIpc) is 3.13. The van der Waals surface area contributed by atoms with Crippen LogP contribution in [0.15, 0.2) is 23.2 Å². The first-order chi connectivity index (χ1) is 13.1. The Morgan fingerprint density at radius 1 is 1.32 bits per heavy atom. The first-order valence-electron chi connectivity index (χ1n) is 9.36. The number of para-hydroxylation sites is 1. The van der Waals surface area contributed by atoms with Gasteiger partial charge < -0.3 is 20.3 Å². The molecular weight excluding hydrogens is 497 g/mol. The van der Waals surface area contributed by atoms with Crippen molar-refractivity contribution in [3.8, 4) is 0 Å². The van der Waals surface area contributed by atoms with Gasteiger partial charge in [0.15, 0.2) is 5.96 Å². The number of nitrogens with one attached hydrogen (secondary N) is 2. The van der Waals surface area contributed by atoms with Crippen LogP contribution in [0.2, 0.25) is 0 Å². The number of hydrogen-bond acceptors (Lipinski definition) is 4. The number of anilines is 1. The SMILES string of the molecule is CN=C(NCC1(SC)CCOCC1)NC1CCN(c2c(F)cccc2F)C1.I. The molecule has 1 unspecified atom stereocenters. The summed E-state index contributed by atoms with van der Waals surface area (Å²) in [7, 11) is 1.74. The van der Waals surface area contributed by atoms with Crippen molar-refractivity contribution in [3.05, 3.63) is 29.8 Å². The summed E-state index contributed by atoms with van der Waals surface area (Å²) in [5.41, 5.74) is 0.0632. The quantitative estimate of drug-likeness (QED) is 0.351. The lowest BCUT2D eigenvalue weighted by atomic mass is 9.99. The van der Waals surface area contributed by atoms with Crippen molar-refractivity contribution in [1.29, 1.82) is 0 Å². The van der Waals surface area contributed by atoms with E-state index in [0.29, 0.717) is 13.1 Å². The first-order valence-corrected chi connectivity index (χ1v) is 10.6. The predicted octanol–water partition coefficient (Wildman–Crippen LogP) is 3.24. The molecule has 2 heterocycles. The van der Waals surface area contributed by atoms with E-state index in [0.717, 1.165) is 45.0 Å². The van der Waals surface area contributed by atoms with Gasteiger partial charge in [-0.25, -0.2) is 8.78 Å². The number of guanidine groups is 1. The number of thioether (sulfide) groups is 1. The normalized spacial score (nSPS) is 21.9. The summed E-state index contributed by atoms with van der Waals surface area (Å²) in [6, 6.07) is 4.09. The van der Waals surface area contributed by atoms with E-state index in [2.05, 4.69) is 21.9 Å². The van der Waals surface area contributed by atoms with E-state index in [9.17, 15) is 8.78 Å². The number of halogens is 3. The van der Waals surface area contributed by atoms with Crippen LogP contribution >= 0.6 is 35.7 Å². The molecule has 2 fully saturated rings. The van der Waals surface area contributed by atoms with Crippen LogP contribution in [0.25, 0.3) is 0 Å². The second-order valence-electron chi connectivity index (χ2n) is 7.07. The lowest BCUT2D eigenvalue weighted by Crippen LogP contribution is -2.50. The number of ether oxygens (including phenoxy) is 1. The Balaban J connectivity index is 0.00000280. The van der Waals surface area contributed by atoms with Gasteiger partial charge in [0.05, 0.1) is 0 Å². The molecule has 0 saturated carbocycles. The molecular formula is C19H29F2IN4OS. The van der Waals surface area contributed by atoms with Gasteiger partial charge in [-0.2, -0.15) is 11.8 Å². The molecule has 0 aromatic heterocycles. The van der Waals surface area contributed by atoms with Crippen molar-refractivity contribution >= 4 is 47.4 Å². The maximum atomic E-state index is 14.0. The Morgan fingerprint density at radius 3 is 2.61 bits per heavy atom. The Hall–Kier alpha value is -0.810. The van der Waals surface area contributed by atoms with Gasteiger partial charge in [-0.3, -0.25) is 4.99 Å². The molecule has 0 amide bonds. The van der Waals surface area contributed by atoms with Crippen LogP contribution in [0.3, 0.4) is 0 Å². The molecule has 0 bridgehead atoms. The van der Waals surface area contributed by atoms with Crippen molar-refractivity contribution in [1.82, 2.24) is 10.6 Å². The smallest absolute Gasteiger partial charge is 0.191 e. The highest BCUT2D eigenvalue weighted by Gasteiger charge is 2.32. The van der Waals surface area contributed by atoms with Crippen molar-refractivity contribution < 1.29 is 13.5 Å². The monoisotopic (exact) mass is 526 g/mol. The number of rotatable bonds is 5. The van der Waals surface area contributed by atoms with E-state index in [1.807, 2.05) is 11.8 Å². The summed E-state index contributed by atoms with van der Waals surface area (Å²) in [6.07, 6.45) is 4.97. The third-order valence-corrected chi connectivity index (χ3v) is 6.84. The summed E-state index contributed by atoms with van der Waals surface area (Å²) in [5, 5.41) is 6.83. The zero-order valence-corrected chi connectivity index (χ0v) is 19.5. The lowest BCUT2D eigenvalue weighted by molar-refractivity contribution is 0.0782. The summed E-state index contributed by atoms with van der Waals surface area (Å²) in [6.45, 7) is 3.55. The van der Waals surface area contributed by atoms with Gasteiger partial charge in [-0.1, -0.05) is 6.07 Å². The van der Waals surface area contributed by atoms with Gasteiger partial charge in [0.25, 0.3) is 0 Å². The van der Waals surface area contributed by atoms with E-state index >= 15 is 0 Å². The number of hydrogen-bond donors (Lipinski definition) is 2. The van der Waals surface area contributed by atoms with Crippen molar-refractivity contribution in [2.24, 2.45) is 4.99 Å². The minimum absolute atomic E-state index is 0. The second kappa shape index (κ2) is 10.8. The third-order valence-electron chi connectivity index (χ3n) is 5.42. The zero-order valence-electron chi connectivity index (χ0n) is 16.3. The van der Waals surface area contributed by atoms with E-state index in [-0.39, 0.29) is 40.5 Å². The maximum absolute atomic E-state index is 14.0. The van der Waals surface area contributed by atoms with E-state index in [4.69, 9.17) is 4.74 Å². The lowest BCUT2D eigenvalue weighted by Gasteiger charge is -2.36. The second-order valence-corrected chi connectivity index (χ2v) is 8.35. The molecule has 5 nitrogen and oxygen atoms in total. The molecule has 158 valence electrons. The molecule has 0 spiro atoms. The highest BCUT2D eigenvalue weighted by molar-refractivity contribution is 14.0. The fourth-order valence-electron chi connectivity index (χ4n) is 3.70. The molecule has 1 aromatic carbocycles. The summed E-state index contributed by atoms with van der Waals surface area (Å²) in [5.74, 6) is -0.296. The Morgan fingerprint density at radius 2 is 2.00 bits per heavy atom. The van der Waals surface area contributed by atoms with Crippen LogP contribution < -0.4 is 15.5 Å². The van der Waals surface area contributed by atoms with Gasteiger partial charge in [-0.15, -0.1) is 24.0 Å². The topological polar surface area (TPSA) is 48.9 Å².